The molecule has 1 saturated heterocycles. The Kier molecular flexibility index (Phi) is 3.50. The fraction of sp³-hybridized carbons (Fsp3) is 0.846. The molecule has 5 heteroatoms. The molecule has 1 saturated carbocycles. The minimum atomic E-state index is -0.890. The highest BCUT2D eigenvalue weighted by Gasteiger charge is 2.39. The molecule has 2 fully saturated rings. The fourth-order valence-electron chi connectivity index (χ4n) is 3.19. The largest absolute Gasteiger partial charge is 0.481 e. The lowest BCUT2D eigenvalue weighted by molar-refractivity contribution is -0.138. The average molecular weight is 254 g/mol. The molecule has 0 bridgehead atoms. The first-order chi connectivity index (χ1) is 8.37. The molecule has 0 aromatic heterocycles. The Morgan fingerprint density at radius 2 is 1.83 bits per heavy atom. The number of hydrogen-bond donors (Lipinski definition) is 2. The van der Waals surface area contributed by atoms with Gasteiger partial charge in [-0.15, -0.1) is 0 Å². The maximum Gasteiger partial charge on any atom is 0.317 e. The van der Waals surface area contributed by atoms with Gasteiger partial charge in [-0.25, -0.2) is 4.79 Å². The normalized spacial score (nSPS) is 27.1. The van der Waals surface area contributed by atoms with E-state index < -0.39 is 11.5 Å². The Balaban J connectivity index is 1.87. The van der Waals surface area contributed by atoms with E-state index in [9.17, 15) is 9.59 Å². The molecule has 2 N–H and O–H groups in total. The van der Waals surface area contributed by atoms with E-state index in [1.165, 1.54) is 19.3 Å². The van der Waals surface area contributed by atoms with Crippen LogP contribution in [0, 0.1) is 11.8 Å². The molecule has 2 aliphatic rings. The van der Waals surface area contributed by atoms with Crippen LogP contribution in [-0.2, 0) is 4.79 Å². The second-order valence-corrected chi connectivity index (χ2v) is 6.24. The van der Waals surface area contributed by atoms with Crippen LogP contribution < -0.4 is 5.32 Å². The van der Waals surface area contributed by atoms with E-state index in [4.69, 9.17) is 5.11 Å². The Hall–Kier alpha value is -1.26. The number of rotatable bonds is 3. The Bertz CT molecular complexity index is 342. The lowest BCUT2D eigenvalue weighted by Crippen LogP contribution is -2.50. The first-order valence-electron chi connectivity index (χ1n) is 6.66. The third kappa shape index (κ3) is 2.94. The van der Waals surface area contributed by atoms with Gasteiger partial charge in [-0.1, -0.05) is 6.42 Å². The van der Waals surface area contributed by atoms with Crippen LogP contribution in [0.25, 0.3) is 0 Å². The monoisotopic (exact) mass is 254 g/mol. The van der Waals surface area contributed by atoms with E-state index >= 15 is 0 Å². The molecule has 2 unspecified atom stereocenters. The highest BCUT2D eigenvalue weighted by Crippen LogP contribution is 2.37. The van der Waals surface area contributed by atoms with Gasteiger partial charge in [0.25, 0.3) is 0 Å². The van der Waals surface area contributed by atoms with E-state index in [1.54, 1.807) is 13.8 Å². The molecule has 1 aliphatic carbocycles. The molecule has 102 valence electrons. The molecule has 18 heavy (non-hydrogen) atoms. The van der Waals surface area contributed by atoms with Crippen molar-refractivity contribution in [2.45, 2.75) is 45.1 Å². The Labute approximate surface area is 108 Å². The highest BCUT2D eigenvalue weighted by molar-refractivity contribution is 5.77. The van der Waals surface area contributed by atoms with Gasteiger partial charge in [-0.2, -0.15) is 0 Å². The minimum Gasteiger partial charge on any atom is -0.481 e. The molecule has 0 spiro atoms. The molecule has 0 radical (unpaired) electrons. The van der Waals surface area contributed by atoms with Crippen molar-refractivity contribution in [3.05, 3.63) is 0 Å². The molecule has 0 aromatic carbocycles. The number of likely N-dealkylation sites (tertiary alicyclic amines) is 1. The number of carboxylic acid groups (broad SMARTS) is 1. The highest BCUT2D eigenvalue weighted by atomic mass is 16.4. The van der Waals surface area contributed by atoms with Crippen LogP contribution in [0.15, 0.2) is 0 Å². The smallest absolute Gasteiger partial charge is 0.317 e. The zero-order valence-corrected chi connectivity index (χ0v) is 11.1. The number of hydrogen-bond acceptors (Lipinski definition) is 2. The zero-order valence-electron chi connectivity index (χ0n) is 11.1. The van der Waals surface area contributed by atoms with Gasteiger partial charge in [-0.05, 0) is 38.5 Å². The van der Waals surface area contributed by atoms with Gasteiger partial charge in [0.2, 0.25) is 0 Å². The number of fused-ring (bicyclic) bond motifs is 1. The SMILES string of the molecule is CC(C)(CC(=O)O)NC(=O)N1CC2CCCC2C1. The summed E-state index contributed by atoms with van der Waals surface area (Å²) in [4.78, 5) is 24.7. The summed E-state index contributed by atoms with van der Waals surface area (Å²) < 4.78 is 0. The van der Waals surface area contributed by atoms with Crippen molar-refractivity contribution in [1.82, 2.24) is 10.2 Å². The third-order valence-corrected chi connectivity index (χ3v) is 4.05. The van der Waals surface area contributed by atoms with Crippen molar-refractivity contribution in [3.63, 3.8) is 0 Å². The van der Waals surface area contributed by atoms with Gasteiger partial charge in [0.15, 0.2) is 0 Å². The summed E-state index contributed by atoms with van der Waals surface area (Å²) in [5, 5.41) is 11.6. The van der Waals surface area contributed by atoms with Gasteiger partial charge in [0.1, 0.15) is 0 Å². The molecule has 5 nitrogen and oxygen atoms in total. The molecule has 1 aliphatic heterocycles. The number of nitrogens with one attached hydrogen (secondary N) is 1. The molecule has 2 atom stereocenters. The predicted molar refractivity (Wildman–Crippen MR) is 67.3 cm³/mol. The summed E-state index contributed by atoms with van der Waals surface area (Å²) in [6.45, 7) is 5.16. The summed E-state index contributed by atoms with van der Waals surface area (Å²) in [5.41, 5.74) is -0.694. The lowest BCUT2D eigenvalue weighted by atomic mass is 10.0. The molecular weight excluding hydrogens is 232 g/mol. The van der Waals surface area contributed by atoms with Gasteiger partial charge in [0, 0.05) is 18.6 Å². The standard InChI is InChI=1S/C13H22N2O3/c1-13(2,6-11(16)17)14-12(18)15-7-9-4-3-5-10(9)8-15/h9-10H,3-8H2,1-2H3,(H,14,18)(H,16,17). The van der Waals surface area contributed by atoms with E-state index in [0.29, 0.717) is 11.8 Å². The van der Waals surface area contributed by atoms with Crippen molar-refractivity contribution in [2.24, 2.45) is 11.8 Å². The van der Waals surface area contributed by atoms with Crippen LogP contribution in [0.1, 0.15) is 39.5 Å². The van der Waals surface area contributed by atoms with Crippen molar-refractivity contribution < 1.29 is 14.7 Å². The maximum absolute atomic E-state index is 12.1. The van der Waals surface area contributed by atoms with E-state index in [0.717, 1.165) is 13.1 Å². The number of aliphatic carboxylic acids is 1. The molecule has 1 heterocycles. The van der Waals surface area contributed by atoms with Gasteiger partial charge in [0.05, 0.1) is 6.42 Å². The van der Waals surface area contributed by atoms with Gasteiger partial charge >= 0.3 is 12.0 Å². The van der Waals surface area contributed by atoms with Crippen molar-refractivity contribution >= 4 is 12.0 Å². The molecule has 2 amide bonds. The van der Waals surface area contributed by atoms with Crippen molar-refractivity contribution in [3.8, 4) is 0 Å². The van der Waals surface area contributed by atoms with Crippen LogP contribution in [0.4, 0.5) is 4.79 Å². The van der Waals surface area contributed by atoms with Crippen LogP contribution in [0.3, 0.4) is 0 Å². The van der Waals surface area contributed by atoms with Crippen LogP contribution >= 0.6 is 0 Å². The van der Waals surface area contributed by atoms with E-state index in [-0.39, 0.29) is 12.5 Å². The van der Waals surface area contributed by atoms with Crippen LogP contribution in [0.5, 0.6) is 0 Å². The summed E-state index contributed by atoms with van der Waals surface area (Å²) in [6, 6.07) is -0.115. The summed E-state index contributed by atoms with van der Waals surface area (Å²) >= 11 is 0. The van der Waals surface area contributed by atoms with Crippen LogP contribution in [-0.4, -0.2) is 40.6 Å². The quantitative estimate of drug-likeness (QED) is 0.805. The van der Waals surface area contributed by atoms with Crippen molar-refractivity contribution in [2.75, 3.05) is 13.1 Å². The summed E-state index contributed by atoms with van der Waals surface area (Å²) in [7, 11) is 0. The number of carboxylic acids is 1. The third-order valence-electron chi connectivity index (χ3n) is 4.05. The second kappa shape index (κ2) is 4.78. The first kappa shape index (κ1) is 13.2. The van der Waals surface area contributed by atoms with Crippen molar-refractivity contribution in [1.29, 1.82) is 0 Å². The Morgan fingerprint density at radius 3 is 2.33 bits per heavy atom. The van der Waals surface area contributed by atoms with E-state index in [1.807, 2.05) is 4.90 Å². The van der Waals surface area contributed by atoms with E-state index in [2.05, 4.69) is 5.32 Å². The number of amides is 2. The Morgan fingerprint density at radius 1 is 1.28 bits per heavy atom. The number of urea groups is 1. The lowest BCUT2D eigenvalue weighted by Gasteiger charge is -2.28. The van der Waals surface area contributed by atoms with Crippen LogP contribution in [0.2, 0.25) is 0 Å². The number of nitrogens with zero attached hydrogens (tertiary/aromatic N) is 1. The summed E-state index contributed by atoms with van der Waals surface area (Å²) in [6.07, 6.45) is 3.69. The maximum atomic E-state index is 12.1. The minimum absolute atomic E-state index is 0.0561. The number of carbonyl (C=O) groups is 2. The molecule has 0 aromatic rings. The van der Waals surface area contributed by atoms with Gasteiger partial charge in [-0.3, -0.25) is 4.79 Å². The summed E-state index contributed by atoms with van der Waals surface area (Å²) in [5.74, 6) is 0.440. The molecule has 2 rings (SSSR count). The average Bonchev–Trinajstić information content (AvgIpc) is 2.71. The topological polar surface area (TPSA) is 69.6 Å². The van der Waals surface area contributed by atoms with Gasteiger partial charge < -0.3 is 15.3 Å². The first-order valence-corrected chi connectivity index (χ1v) is 6.66. The fourth-order valence-corrected chi connectivity index (χ4v) is 3.19. The second-order valence-electron chi connectivity index (χ2n) is 6.24. The number of carbonyl (C=O) groups excluding carboxylic acids is 1. The molecular formula is C13H22N2O3. The zero-order chi connectivity index (χ0) is 13.3. The predicted octanol–water partition coefficient (Wildman–Crippen LogP) is 1.68.